The van der Waals surface area contributed by atoms with Gasteiger partial charge in [0, 0.05) is 0 Å². The number of ether oxygens (including phenoxy) is 1. The number of esters is 1. The van der Waals surface area contributed by atoms with Crippen LogP contribution >= 0.6 is 0 Å². The zero-order valence-corrected chi connectivity index (χ0v) is 11.5. The maximum atomic E-state index is 12.4. The van der Waals surface area contributed by atoms with Crippen molar-refractivity contribution in [3.8, 4) is 0 Å². The van der Waals surface area contributed by atoms with E-state index in [2.05, 4.69) is 0 Å². The number of benzene rings is 2. The summed E-state index contributed by atoms with van der Waals surface area (Å²) in [6, 6.07) is 13.5. The summed E-state index contributed by atoms with van der Waals surface area (Å²) in [7, 11) is 0. The van der Waals surface area contributed by atoms with Gasteiger partial charge in [0.15, 0.2) is 0 Å². The molecule has 0 aliphatic carbocycles. The van der Waals surface area contributed by atoms with Gasteiger partial charge in [-0.2, -0.15) is 0 Å². The summed E-state index contributed by atoms with van der Waals surface area (Å²) < 4.78 is 17.1. The van der Waals surface area contributed by atoms with E-state index in [0.717, 1.165) is 0 Å². The molecule has 2 aromatic rings. The van der Waals surface area contributed by atoms with Crippen molar-refractivity contribution in [1.29, 1.82) is 0 Å². The third kappa shape index (κ3) is 5.86. The van der Waals surface area contributed by atoms with Crippen molar-refractivity contribution in [1.82, 2.24) is 0 Å². The van der Waals surface area contributed by atoms with Gasteiger partial charge in [0.1, 0.15) is 5.82 Å². The van der Waals surface area contributed by atoms with E-state index in [1.165, 1.54) is 24.3 Å². The Morgan fingerprint density at radius 1 is 1.00 bits per heavy atom. The lowest BCUT2D eigenvalue weighted by Crippen LogP contribution is -2.03. The van der Waals surface area contributed by atoms with Crippen molar-refractivity contribution >= 4 is 11.9 Å². The average Bonchev–Trinajstić information content (AvgIpc) is 2.50. The first-order valence-electron chi connectivity index (χ1n) is 6.25. The zero-order chi connectivity index (χ0) is 15.7. The molecule has 0 saturated carbocycles. The Balaban J connectivity index is 0.000000219. The molecule has 0 radical (unpaired) electrons. The molecule has 0 unspecified atom stereocenters. The molecule has 5 heteroatoms. The highest BCUT2D eigenvalue weighted by atomic mass is 19.1. The topological polar surface area (TPSA) is 63.6 Å². The van der Waals surface area contributed by atoms with Gasteiger partial charge in [0.2, 0.25) is 0 Å². The van der Waals surface area contributed by atoms with Crippen LogP contribution in [0.2, 0.25) is 0 Å². The van der Waals surface area contributed by atoms with Gasteiger partial charge in [-0.05, 0) is 43.3 Å². The molecular weight excluding hydrogens is 275 g/mol. The lowest BCUT2D eigenvalue weighted by atomic mass is 10.2. The number of carboxylic acids is 1. The highest BCUT2D eigenvalue weighted by Gasteiger charge is 2.04. The predicted molar refractivity (Wildman–Crippen MR) is 75.8 cm³/mol. The second-order valence-electron chi connectivity index (χ2n) is 3.90. The van der Waals surface area contributed by atoms with Crippen molar-refractivity contribution in [2.45, 2.75) is 6.92 Å². The van der Waals surface area contributed by atoms with E-state index >= 15 is 0 Å². The molecule has 0 spiro atoms. The summed E-state index contributed by atoms with van der Waals surface area (Å²) in [4.78, 5) is 21.2. The molecule has 2 rings (SSSR count). The van der Waals surface area contributed by atoms with Gasteiger partial charge in [-0.25, -0.2) is 14.0 Å². The summed E-state index contributed by atoms with van der Waals surface area (Å²) in [5.41, 5.74) is 0.704. The van der Waals surface area contributed by atoms with Crippen molar-refractivity contribution in [2.75, 3.05) is 6.61 Å². The van der Waals surface area contributed by atoms with Crippen LogP contribution in [0, 0.1) is 5.82 Å². The number of hydrogen-bond acceptors (Lipinski definition) is 3. The Kier molecular flexibility index (Phi) is 6.60. The first-order valence-corrected chi connectivity index (χ1v) is 6.25. The molecule has 0 aliphatic heterocycles. The molecule has 0 saturated heterocycles. The maximum Gasteiger partial charge on any atom is 0.338 e. The molecule has 0 fully saturated rings. The molecule has 21 heavy (non-hydrogen) atoms. The van der Waals surface area contributed by atoms with Gasteiger partial charge in [-0.15, -0.1) is 0 Å². The number of carbonyl (C=O) groups is 2. The van der Waals surface area contributed by atoms with Crippen molar-refractivity contribution in [3.63, 3.8) is 0 Å². The Morgan fingerprint density at radius 2 is 1.57 bits per heavy atom. The highest BCUT2D eigenvalue weighted by Crippen LogP contribution is 2.03. The molecule has 0 heterocycles. The number of halogens is 1. The van der Waals surface area contributed by atoms with Crippen LogP contribution in [0.15, 0.2) is 54.6 Å². The summed E-state index contributed by atoms with van der Waals surface area (Å²) in [6.07, 6.45) is 0. The number of rotatable bonds is 3. The minimum atomic E-state index is -0.879. The highest BCUT2D eigenvalue weighted by molar-refractivity contribution is 5.89. The smallest absolute Gasteiger partial charge is 0.338 e. The third-order valence-electron chi connectivity index (χ3n) is 2.38. The molecule has 0 aromatic heterocycles. The first-order chi connectivity index (χ1) is 10.0. The molecule has 110 valence electrons. The van der Waals surface area contributed by atoms with Gasteiger partial charge in [0.25, 0.3) is 0 Å². The van der Waals surface area contributed by atoms with E-state index in [1.54, 1.807) is 37.3 Å². The second-order valence-corrected chi connectivity index (χ2v) is 3.90. The van der Waals surface area contributed by atoms with Crippen LogP contribution < -0.4 is 0 Å². The number of hydrogen-bond donors (Lipinski definition) is 1. The van der Waals surface area contributed by atoms with E-state index < -0.39 is 11.9 Å². The van der Waals surface area contributed by atoms with Crippen molar-refractivity contribution in [2.24, 2.45) is 0 Å². The average molecular weight is 290 g/mol. The SMILES string of the molecule is CCOC(=O)c1ccc(F)cc1.O=C(O)c1ccccc1. The largest absolute Gasteiger partial charge is 0.478 e. The van der Waals surface area contributed by atoms with E-state index in [-0.39, 0.29) is 5.82 Å². The fraction of sp³-hybridized carbons (Fsp3) is 0.125. The summed E-state index contributed by atoms with van der Waals surface area (Å²) in [6.45, 7) is 2.05. The monoisotopic (exact) mass is 290 g/mol. The molecule has 1 N–H and O–H groups in total. The fourth-order valence-corrected chi connectivity index (χ4v) is 1.38. The van der Waals surface area contributed by atoms with Gasteiger partial charge in [-0.3, -0.25) is 0 Å². The Hall–Kier alpha value is -2.69. The van der Waals surface area contributed by atoms with Gasteiger partial charge < -0.3 is 9.84 Å². The molecule has 0 bridgehead atoms. The van der Waals surface area contributed by atoms with Gasteiger partial charge in [-0.1, -0.05) is 18.2 Å². The Bertz CT molecular complexity index is 579. The summed E-state index contributed by atoms with van der Waals surface area (Å²) in [5.74, 6) is -1.66. The normalized spacial score (nSPS) is 9.24. The second kappa shape index (κ2) is 8.47. The van der Waals surface area contributed by atoms with E-state index in [9.17, 15) is 14.0 Å². The lowest BCUT2D eigenvalue weighted by Gasteiger charge is -1.99. The molecule has 0 aliphatic rings. The maximum absolute atomic E-state index is 12.4. The summed E-state index contributed by atoms with van der Waals surface area (Å²) >= 11 is 0. The Labute approximate surface area is 121 Å². The van der Waals surface area contributed by atoms with E-state index in [4.69, 9.17) is 9.84 Å². The molecule has 4 nitrogen and oxygen atoms in total. The molecular formula is C16H15FO4. The molecule has 0 amide bonds. The molecule has 0 atom stereocenters. The lowest BCUT2D eigenvalue weighted by molar-refractivity contribution is 0.0525. The van der Waals surface area contributed by atoms with Gasteiger partial charge >= 0.3 is 11.9 Å². The van der Waals surface area contributed by atoms with Crippen molar-refractivity contribution in [3.05, 3.63) is 71.5 Å². The quantitative estimate of drug-likeness (QED) is 0.880. The standard InChI is InChI=1S/C9H9FO2.C7H6O2/c1-2-12-9(11)7-3-5-8(10)6-4-7;8-7(9)6-4-2-1-3-5-6/h3-6H,2H2,1H3;1-5H,(H,8,9). The number of aromatic carboxylic acids is 1. The van der Waals surface area contributed by atoms with Crippen LogP contribution in [-0.2, 0) is 4.74 Å². The van der Waals surface area contributed by atoms with Crippen molar-refractivity contribution < 1.29 is 23.8 Å². The van der Waals surface area contributed by atoms with Crippen LogP contribution in [0.5, 0.6) is 0 Å². The van der Waals surface area contributed by atoms with E-state index in [1.807, 2.05) is 0 Å². The number of carbonyl (C=O) groups excluding carboxylic acids is 1. The minimum Gasteiger partial charge on any atom is -0.478 e. The Morgan fingerprint density at radius 3 is 2.00 bits per heavy atom. The zero-order valence-electron chi connectivity index (χ0n) is 11.5. The minimum absolute atomic E-state index is 0.330. The van der Waals surface area contributed by atoms with Gasteiger partial charge in [0.05, 0.1) is 17.7 Å². The van der Waals surface area contributed by atoms with Crippen LogP contribution in [0.25, 0.3) is 0 Å². The fourth-order valence-electron chi connectivity index (χ4n) is 1.38. The number of carboxylic acid groups (broad SMARTS) is 1. The summed E-state index contributed by atoms with van der Waals surface area (Å²) in [5, 5.41) is 8.38. The third-order valence-corrected chi connectivity index (χ3v) is 2.38. The van der Waals surface area contributed by atoms with Crippen LogP contribution in [-0.4, -0.2) is 23.7 Å². The van der Waals surface area contributed by atoms with Crippen LogP contribution in [0.3, 0.4) is 0 Å². The predicted octanol–water partition coefficient (Wildman–Crippen LogP) is 3.39. The van der Waals surface area contributed by atoms with Crippen LogP contribution in [0.1, 0.15) is 27.6 Å². The van der Waals surface area contributed by atoms with E-state index in [0.29, 0.717) is 17.7 Å². The van der Waals surface area contributed by atoms with Crippen LogP contribution in [0.4, 0.5) is 4.39 Å². The first kappa shape index (κ1) is 16.4. The molecule has 2 aromatic carbocycles.